The van der Waals surface area contributed by atoms with Crippen LogP contribution < -0.4 is 10.5 Å². The van der Waals surface area contributed by atoms with E-state index in [1.807, 2.05) is 55.1 Å². The molecule has 2 aliphatic heterocycles. The number of aromatic nitrogens is 2. The number of pyridine rings is 1. The number of ether oxygens (including phenoxy) is 1. The predicted molar refractivity (Wildman–Crippen MR) is 157 cm³/mol. The van der Waals surface area contributed by atoms with E-state index in [2.05, 4.69) is 0 Å². The van der Waals surface area contributed by atoms with Crippen molar-refractivity contribution < 1.29 is 14.3 Å². The third-order valence-electron chi connectivity index (χ3n) is 6.86. The summed E-state index contributed by atoms with van der Waals surface area (Å²) in [6.45, 7) is 7.75. The van der Waals surface area contributed by atoms with Crippen molar-refractivity contribution in [3.63, 3.8) is 0 Å². The lowest BCUT2D eigenvalue weighted by Gasteiger charge is -2.35. The van der Waals surface area contributed by atoms with Crippen LogP contribution in [0.1, 0.15) is 36.6 Å². The summed E-state index contributed by atoms with van der Waals surface area (Å²) in [7, 11) is 0. The molecule has 9 nitrogen and oxygen atoms in total. The molecule has 202 valence electrons. The van der Waals surface area contributed by atoms with E-state index in [1.54, 1.807) is 35.1 Å². The number of anilines is 1. The van der Waals surface area contributed by atoms with Crippen molar-refractivity contribution in [3.8, 4) is 0 Å². The van der Waals surface area contributed by atoms with Gasteiger partial charge in [-0.3, -0.25) is 18.9 Å². The first-order valence-electron chi connectivity index (χ1n) is 12.8. The molecule has 1 aromatic carbocycles. The van der Waals surface area contributed by atoms with Crippen LogP contribution in [0.4, 0.5) is 10.6 Å². The SMILES string of the molecule is CCOC(=O)N1CCN(c2nc3ccc(C)cn3c(=O)c2C=C2SC(=S)N(C(C)c3ccccc3)C2=O)CC1. The van der Waals surface area contributed by atoms with Gasteiger partial charge < -0.3 is 14.5 Å². The molecular formula is C28H29N5O4S2. The van der Waals surface area contributed by atoms with Gasteiger partial charge in [-0.05, 0) is 44.0 Å². The maximum absolute atomic E-state index is 13.8. The molecule has 2 amide bonds. The zero-order valence-corrected chi connectivity index (χ0v) is 23.6. The Bertz CT molecular complexity index is 1530. The minimum Gasteiger partial charge on any atom is -0.450 e. The van der Waals surface area contributed by atoms with Crippen molar-refractivity contribution in [1.82, 2.24) is 19.2 Å². The van der Waals surface area contributed by atoms with Crippen molar-refractivity contribution >= 4 is 57.8 Å². The fraction of sp³-hybridized carbons (Fsp3) is 0.321. The van der Waals surface area contributed by atoms with Crippen LogP contribution in [-0.4, -0.2) is 68.3 Å². The first kappa shape index (κ1) is 26.9. The van der Waals surface area contributed by atoms with E-state index in [-0.39, 0.29) is 23.6 Å². The van der Waals surface area contributed by atoms with Gasteiger partial charge in [-0.25, -0.2) is 9.78 Å². The van der Waals surface area contributed by atoms with Gasteiger partial charge in [0.15, 0.2) is 0 Å². The molecule has 0 bridgehead atoms. The van der Waals surface area contributed by atoms with Crippen molar-refractivity contribution in [2.24, 2.45) is 0 Å². The van der Waals surface area contributed by atoms with E-state index >= 15 is 0 Å². The fourth-order valence-electron chi connectivity index (χ4n) is 4.76. The molecule has 1 unspecified atom stereocenters. The summed E-state index contributed by atoms with van der Waals surface area (Å²) in [5, 5.41) is 0. The van der Waals surface area contributed by atoms with E-state index in [0.717, 1.165) is 11.1 Å². The van der Waals surface area contributed by atoms with Gasteiger partial charge in [0.05, 0.1) is 23.1 Å². The molecule has 4 heterocycles. The van der Waals surface area contributed by atoms with Gasteiger partial charge in [-0.1, -0.05) is 60.4 Å². The van der Waals surface area contributed by atoms with Crippen LogP contribution in [-0.2, 0) is 9.53 Å². The van der Waals surface area contributed by atoms with Crippen LogP contribution in [0.15, 0.2) is 58.4 Å². The van der Waals surface area contributed by atoms with Crippen LogP contribution in [0.25, 0.3) is 11.7 Å². The maximum atomic E-state index is 13.8. The van der Waals surface area contributed by atoms with Gasteiger partial charge in [0.1, 0.15) is 15.8 Å². The zero-order valence-electron chi connectivity index (χ0n) is 22.0. The van der Waals surface area contributed by atoms with E-state index < -0.39 is 0 Å². The van der Waals surface area contributed by atoms with Crippen molar-refractivity contribution in [2.45, 2.75) is 26.8 Å². The van der Waals surface area contributed by atoms with Crippen LogP contribution in [0, 0.1) is 6.92 Å². The summed E-state index contributed by atoms with van der Waals surface area (Å²) in [4.78, 5) is 50.0. The molecule has 1 atom stereocenters. The first-order chi connectivity index (χ1) is 18.8. The summed E-state index contributed by atoms with van der Waals surface area (Å²) in [5.74, 6) is 0.238. The molecule has 2 saturated heterocycles. The second kappa shape index (κ2) is 11.2. The number of piperazine rings is 1. The number of hydrogen-bond donors (Lipinski definition) is 0. The predicted octanol–water partition coefficient (Wildman–Crippen LogP) is 4.24. The number of aryl methyl sites for hydroxylation is 1. The Kier molecular flexibility index (Phi) is 7.72. The number of nitrogens with zero attached hydrogens (tertiary/aromatic N) is 5. The molecule has 5 rings (SSSR count). The third kappa shape index (κ3) is 5.28. The highest BCUT2D eigenvalue weighted by atomic mass is 32.2. The summed E-state index contributed by atoms with van der Waals surface area (Å²) in [6, 6.07) is 13.2. The van der Waals surface area contributed by atoms with E-state index in [0.29, 0.717) is 59.0 Å². The Morgan fingerprint density at radius 2 is 1.85 bits per heavy atom. The van der Waals surface area contributed by atoms with E-state index in [4.69, 9.17) is 21.9 Å². The molecule has 0 radical (unpaired) electrons. The molecule has 0 aliphatic carbocycles. The van der Waals surface area contributed by atoms with Gasteiger partial charge >= 0.3 is 6.09 Å². The largest absolute Gasteiger partial charge is 0.450 e. The second-order valence-corrected chi connectivity index (χ2v) is 11.1. The highest BCUT2D eigenvalue weighted by molar-refractivity contribution is 8.26. The molecular weight excluding hydrogens is 534 g/mol. The van der Waals surface area contributed by atoms with Crippen LogP contribution >= 0.6 is 24.0 Å². The quantitative estimate of drug-likeness (QED) is 0.337. The summed E-state index contributed by atoms with van der Waals surface area (Å²) < 4.78 is 7.09. The number of carbonyl (C=O) groups is 2. The number of carbonyl (C=O) groups excluding carboxylic acids is 2. The van der Waals surface area contributed by atoms with Crippen LogP contribution in [0.2, 0.25) is 0 Å². The second-order valence-electron chi connectivity index (χ2n) is 9.40. The number of thioether (sulfide) groups is 1. The number of amides is 2. The minimum absolute atomic E-state index is 0.242. The van der Waals surface area contributed by atoms with Gasteiger partial charge in [0.25, 0.3) is 11.5 Å². The molecule has 0 N–H and O–H groups in total. The molecule has 39 heavy (non-hydrogen) atoms. The average molecular weight is 564 g/mol. The van der Waals surface area contributed by atoms with Crippen LogP contribution in [0.3, 0.4) is 0 Å². The third-order valence-corrected chi connectivity index (χ3v) is 8.19. The lowest BCUT2D eigenvalue weighted by molar-refractivity contribution is -0.123. The summed E-state index contributed by atoms with van der Waals surface area (Å²) >= 11 is 6.79. The molecule has 3 aromatic rings. The van der Waals surface area contributed by atoms with Gasteiger partial charge in [0, 0.05) is 32.4 Å². The Morgan fingerprint density at radius 1 is 1.13 bits per heavy atom. The standard InChI is InChI=1S/C28H29N5O4S2/c1-4-37-27(36)31-14-12-30(13-15-31)24-21(25(34)32-17-18(2)10-11-23(32)29-24)16-22-26(35)33(28(38)39-22)19(3)20-8-6-5-7-9-20/h5-11,16-17,19H,4,12-15H2,1-3H3. The fourth-order valence-corrected chi connectivity index (χ4v) is 6.16. The first-order valence-corrected chi connectivity index (χ1v) is 14.0. The molecule has 11 heteroatoms. The van der Waals surface area contributed by atoms with Crippen molar-refractivity contribution in [2.75, 3.05) is 37.7 Å². The molecule has 2 fully saturated rings. The topological polar surface area (TPSA) is 87.5 Å². The van der Waals surface area contributed by atoms with Gasteiger partial charge in [-0.15, -0.1) is 0 Å². The Morgan fingerprint density at radius 3 is 2.54 bits per heavy atom. The normalized spacial score (nSPS) is 17.8. The van der Waals surface area contributed by atoms with E-state index in [9.17, 15) is 14.4 Å². The number of benzene rings is 1. The maximum Gasteiger partial charge on any atom is 0.409 e. The lowest BCUT2D eigenvalue weighted by Crippen LogP contribution is -2.49. The van der Waals surface area contributed by atoms with Gasteiger partial charge in [0.2, 0.25) is 0 Å². The van der Waals surface area contributed by atoms with Crippen LogP contribution in [0.5, 0.6) is 0 Å². The highest BCUT2D eigenvalue weighted by Crippen LogP contribution is 2.38. The number of thiocarbonyl (C=S) groups is 1. The smallest absolute Gasteiger partial charge is 0.409 e. The molecule has 2 aromatic heterocycles. The number of hydrogen-bond acceptors (Lipinski definition) is 8. The molecule has 0 spiro atoms. The Labute approximate surface area is 236 Å². The van der Waals surface area contributed by atoms with Gasteiger partial charge in [-0.2, -0.15) is 0 Å². The highest BCUT2D eigenvalue weighted by Gasteiger charge is 2.37. The number of rotatable bonds is 5. The number of fused-ring (bicyclic) bond motifs is 1. The summed E-state index contributed by atoms with van der Waals surface area (Å²) in [6.07, 6.45) is 3.01. The lowest BCUT2D eigenvalue weighted by atomic mass is 10.1. The minimum atomic E-state index is -0.351. The zero-order chi connectivity index (χ0) is 27.7. The van der Waals surface area contributed by atoms with Crippen molar-refractivity contribution in [3.05, 3.63) is 80.6 Å². The summed E-state index contributed by atoms with van der Waals surface area (Å²) in [5.41, 5.74) is 2.44. The molecule has 2 aliphatic rings. The van der Waals surface area contributed by atoms with Crippen molar-refractivity contribution in [1.29, 1.82) is 0 Å². The Balaban J connectivity index is 1.53. The molecule has 0 saturated carbocycles. The average Bonchev–Trinajstić information content (AvgIpc) is 3.22. The Hall–Kier alpha value is -3.70. The van der Waals surface area contributed by atoms with E-state index in [1.165, 1.54) is 16.2 Å². The monoisotopic (exact) mass is 563 g/mol.